The van der Waals surface area contributed by atoms with Gasteiger partial charge in [-0.1, -0.05) is 6.08 Å². The molecule has 0 aromatic rings. The van der Waals surface area contributed by atoms with Gasteiger partial charge in [0.25, 0.3) is 0 Å². The second kappa shape index (κ2) is 3.26. The van der Waals surface area contributed by atoms with Crippen molar-refractivity contribution in [2.75, 3.05) is 5.75 Å². The molecule has 0 radical (unpaired) electrons. The fourth-order valence-electron chi connectivity index (χ4n) is 1.45. The fraction of sp³-hybridized carbons (Fsp3) is 0.444. The topological polar surface area (TPSA) is 12.4 Å². The van der Waals surface area contributed by atoms with Gasteiger partial charge in [0.1, 0.15) is 0 Å². The van der Waals surface area contributed by atoms with Crippen LogP contribution < -0.4 is 0 Å². The highest BCUT2D eigenvalue weighted by molar-refractivity contribution is 8.03. The lowest BCUT2D eigenvalue weighted by atomic mass is 10.0. The van der Waals surface area contributed by atoms with Crippen LogP contribution in [0.1, 0.15) is 12.8 Å². The number of fused-ring (bicyclic) bond motifs is 1. The first-order chi connectivity index (χ1) is 5.47. The molecule has 0 bridgehead atoms. The summed E-state index contributed by atoms with van der Waals surface area (Å²) in [5, 5.41) is 0. The third-order valence-corrected chi connectivity index (χ3v) is 3.32. The molecule has 0 aromatic carbocycles. The minimum Gasteiger partial charge on any atom is -0.265 e. The lowest BCUT2D eigenvalue weighted by Crippen LogP contribution is -1.95. The second-order valence-corrected chi connectivity index (χ2v) is 3.99. The van der Waals surface area contributed by atoms with Gasteiger partial charge in [-0.05, 0) is 35.5 Å². The van der Waals surface area contributed by atoms with Crippen LogP contribution in [-0.2, 0) is 0 Å². The third-order valence-electron chi connectivity index (χ3n) is 2.07. The van der Waals surface area contributed by atoms with E-state index in [0.717, 1.165) is 5.92 Å². The van der Waals surface area contributed by atoms with E-state index in [-0.39, 0.29) is 0 Å². The number of hydrogen-bond donors (Lipinski definition) is 0. The van der Waals surface area contributed by atoms with Gasteiger partial charge in [0, 0.05) is 12.4 Å². The van der Waals surface area contributed by atoms with Gasteiger partial charge in [0.2, 0.25) is 0 Å². The summed E-state index contributed by atoms with van der Waals surface area (Å²) in [4.78, 5) is 5.62. The smallest absolute Gasteiger partial charge is 0.0275 e. The quantitative estimate of drug-likeness (QED) is 0.537. The predicted octanol–water partition coefficient (Wildman–Crippen LogP) is 2.61. The van der Waals surface area contributed by atoms with Crippen molar-refractivity contribution < 1.29 is 0 Å². The Bertz CT molecular complexity index is 228. The Morgan fingerprint density at radius 3 is 3.55 bits per heavy atom. The zero-order chi connectivity index (χ0) is 7.52. The van der Waals surface area contributed by atoms with Crippen LogP contribution >= 0.6 is 11.8 Å². The van der Waals surface area contributed by atoms with E-state index in [1.807, 2.05) is 24.2 Å². The SMILES string of the molecule is C1=C/N=C/C=C2/SCCC2C\1. The average Bonchev–Trinajstić information content (AvgIpc) is 2.35. The monoisotopic (exact) mass is 165 g/mol. The van der Waals surface area contributed by atoms with E-state index in [1.165, 1.54) is 23.5 Å². The molecular weight excluding hydrogens is 154 g/mol. The molecule has 2 heteroatoms. The summed E-state index contributed by atoms with van der Waals surface area (Å²) in [6.45, 7) is 0. The summed E-state index contributed by atoms with van der Waals surface area (Å²) >= 11 is 1.98. The molecule has 0 N–H and O–H groups in total. The van der Waals surface area contributed by atoms with Crippen LogP contribution in [0, 0.1) is 5.92 Å². The molecule has 1 atom stereocenters. The zero-order valence-electron chi connectivity index (χ0n) is 6.36. The van der Waals surface area contributed by atoms with E-state index in [2.05, 4.69) is 17.1 Å². The van der Waals surface area contributed by atoms with Crippen molar-refractivity contribution in [2.45, 2.75) is 12.8 Å². The maximum absolute atomic E-state index is 4.10. The summed E-state index contributed by atoms with van der Waals surface area (Å²) in [7, 11) is 0. The van der Waals surface area contributed by atoms with E-state index in [1.54, 1.807) is 0 Å². The summed E-state index contributed by atoms with van der Waals surface area (Å²) in [5.41, 5.74) is 0. The van der Waals surface area contributed by atoms with E-state index >= 15 is 0 Å². The van der Waals surface area contributed by atoms with Gasteiger partial charge in [-0.15, -0.1) is 11.8 Å². The van der Waals surface area contributed by atoms with Crippen molar-refractivity contribution in [3.05, 3.63) is 23.3 Å². The Morgan fingerprint density at radius 1 is 1.55 bits per heavy atom. The van der Waals surface area contributed by atoms with Gasteiger partial charge < -0.3 is 0 Å². The van der Waals surface area contributed by atoms with Crippen LogP contribution in [0.2, 0.25) is 0 Å². The van der Waals surface area contributed by atoms with Crippen molar-refractivity contribution in [3.8, 4) is 0 Å². The molecule has 2 aliphatic rings. The van der Waals surface area contributed by atoms with Crippen LogP contribution in [-0.4, -0.2) is 12.0 Å². The Kier molecular flexibility index (Phi) is 2.13. The minimum atomic E-state index is 0.794. The van der Waals surface area contributed by atoms with Crippen molar-refractivity contribution in [2.24, 2.45) is 10.9 Å². The molecule has 0 aromatic heterocycles. The van der Waals surface area contributed by atoms with Gasteiger partial charge >= 0.3 is 0 Å². The third kappa shape index (κ3) is 1.56. The Hall–Kier alpha value is -0.500. The van der Waals surface area contributed by atoms with Crippen LogP contribution in [0.25, 0.3) is 0 Å². The lowest BCUT2D eigenvalue weighted by Gasteiger charge is -2.07. The number of nitrogens with zero attached hydrogens (tertiary/aromatic N) is 1. The van der Waals surface area contributed by atoms with Crippen molar-refractivity contribution in [3.63, 3.8) is 0 Å². The highest BCUT2D eigenvalue weighted by Gasteiger charge is 2.19. The molecule has 1 unspecified atom stereocenters. The predicted molar refractivity (Wildman–Crippen MR) is 50.9 cm³/mol. The molecular formula is C9H11NS. The Labute approximate surface area is 71.3 Å². The van der Waals surface area contributed by atoms with Crippen LogP contribution in [0.15, 0.2) is 28.2 Å². The minimum absolute atomic E-state index is 0.794. The van der Waals surface area contributed by atoms with E-state index in [4.69, 9.17) is 0 Å². The maximum atomic E-state index is 4.10. The highest BCUT2D eigenvalue weighted by atomic mass is 32.2. The molecule has 2 aliphatic heterocycles. The summed E-state index contributed by atoms with van der Waals surface area (Å²) in [6.07, 6.45) is 10.6. The number of aliphatic imine (C=N–C) groups is 1. The summed E-state index contributed by atoms with van der Waals surface area (Å²) in [6, 6.07) is 0. The summed E-state index contributed by atoms with van der Waals surface area (Å²) in [5.74, 6) is 2.08. The van der Waals surface area contributed by atoms with Gasteiger partial charge in [0.05, 0.1) is 0 Å². The molecule has 1 nitrogen and oxygen atoms in total. The number of thioether (sulfide) groups is 1. The van der Waals surface area contributed by atoms with Gasteiger partial charge in [-0.25, -0.2) is 0 Å². The first-order valence-electron chi connectivity index (χ1n) is 3.98. The average molecular weight is 165 g/mol. The van der Waals surface area contributed by atoms with Crippen LogP contribution in [0.4, 0.5) is 0 Å². The molecule has 1 saturated heterocycles. The van der Waals surface area contributed by atoms with Gasteiger partial charge in [-0.2, -0.15) is 0 Å². The first-order valence-corrected chi connectivity index (χ1v) is 4.96. The van der Waals surface area contributed by atoms with Gasteiger partial charge in [-0.3, -0.25) is 4.99 Å². The Balaban J connectivity index is 2.21. The molecule has 1 fully saturated rings. The van der Waals surface area contributed by atoms with E-state index in [9.17, 15) is 0 Å². The van der Waals surface area contributed by atoms with E-state index < -0.39 is 0 Å². The molecule has 2 rings (SSSR count). The molecule has 0 amide bonds. The first kappa shape index (κ1) is 7.17. The van der Waals surface area contributed by atoms with Crippen LogP contribution in [0.3, 0.4) is 0 Å². The highest BCUT2D eigenvalue weighted by Crippen LogP contribution is 2.38. The molecule has 0 aliphatic carbocycles. The molecule has 2 heterocycles. The molecule has 0 saturated carbocycles. The van der Waals surface area contributed by atoms with E-state index in [0.29, 0.717) is 0 Å². The largest absolute Gasteiger partial charge is 0.265 e. The second-order valence-electron chi connectivity index (χ2n) is 2.82. The number of hydrogen-bond acceptors (Lipinski definition) is 2. The lowest BCUT2D eigenvalue weighted by molar-refractivity contribution is 0.652. The molecule has 0 spiro atoms. The Morgan fingerprint density at radius 2 is 2.55 bits per heavy atom. The summed E-state index contributed by atoms with van der Waals surface area (Å²) < 4.78 is 0. The van der Waals surface area contributed by atoms with Crippen molar-refractivity contribution in [1.82, 2.24) is 0 Å². The molecule has 11 heavy (non-hydrogen) atoms. The fourth-order valence-corrected chi connectivity index (χ4v) is 2.69. The van der Waals surface area contributed by atoms with Crippen LogP contribution in [0.5, 0.6) is 0 Å². The van der Waals surface area contributed by atoms with Crippen molar-refractivity contribution in [1.29, 1.82) is 0 Å². The number of rotatable bonds is 0. The normalized spacial score (nSPS) is 39.6. The maximum Gasteiger partial charge on any atom is 0.0275 e. The zero-order valence-corrected chi connectivity index (χ0v) is 7.18. The van der Waals surface area contributed by atoms with Gasteiger partial charge in [0.15, 0.2) is 0 Å². The number of allylic oxidation sites excluding steroid dienone is 3. The molecule has 58 valence electrons. The van der Waals surface area contributed by atoms with Crippen molar-refractivity contribution >= 4 is 18.0 Å². The standard InChI is InChI=1S/C9H11NS/c1-2-8-4-7-11-9(8)3-6-10-5-1/h1,3,5-6,8H,2,4,7H2/b5-1-,9-3+,10-6+.